The number of halogens is 1. The molecule has 1 atom stereocenters. The molecule has 0 aliphatic carbocycles. The second-order valence-electron chi connectivity index (χ2n) is 8.66. The van der Waals surface area contributed by atoms with E-state index in [2.05, 4.69) is 16.9 Å². The van der Waals surface area contributed by atoms with E-state index in [1.165, 1.54) is 18.9 Å². The first kappa shape index (κ1) is 23.9. The number of aliphatic imine (C=N–C) groups is 1. The molecule has 1 fully saturated rings. The van der Waals surface area contributed by atoms with E-state index in [9.17, 15) is 9.59 Å². The number of thioether (sulfide) groups is 1. The Hall–Kier alpha value is -2.29. The lowest BCUT2D eigenvalue weighted by atomic mass is 9.94. The average Bonchev–Trinajstić information content (AvgIpc) is 3.19. The first-order chi connectivity index (χ1) is 15.8. The predicted octanol–water partition coefficient (Wildman–Crippen LogP) is 4.03. The van der Waals surface area contributed by atoms with Crippen LogP contribution in [-0.2, 0) is 14.3 Å². The van der Waals surface area contributed by atoms with Gasteiger partial charge in [-0.2, -0.15) is 0 Å². The molecule has 3 aliphatic rings. The summed E-state index contributed by atoms with van der Waals surface area (Å²) >= 11 is 7.77. The minimum atomic E-state index is -0.466. The van der Waals surface area contributed by atoms with Gasteiger partial charge in [0.05, 0.1) is 30.8 Å². The van der Waals surface area contributed by atoms with Crippen molar-refractivity contribution in [3.05, 3.63) is 57.2 Å². The fraction of sp³-hybridized carbons (Fsp3) is 0.458. The smallest absolute Gasteiger partial charge is 0.338 e. The maximum atomic E-state index is 13.3. The summed E-state index contributed by atoms with van der Waals surface area (Å²) in [6.07, 6.45) is 2.18. The molecule has 4 rings (SSSR count). The molecular formula is C24H29ClN4O3S. The minimum absolute atomic E-state index is 0.0633. The number of rotatable bonds is 5. The maximum absolute atomic E-state index is 13.3. The number of benzene rings is 1. The number of amidine groups is 1. The van der Waals surface area contributed by atoms with E-state index in [1.54, 1.807) is 6.07 Å². The molecule has 1 aromatic carbocycles. The molecule has 0 radical (unpaired) electrons. The molecule has 7 nitrogen and oxygen atoms in total. The monoisotopic (exact) mass is 488 g/mol. The van der Waals surface area contributed by atoms with Gasteiger partial charge in [-0.3, -0.25) is 4.79 Å². The highest BCUT2D eigenvalue weighted by atomic mass is 35.5. The SMILES string of the molecule is COC(=O)C1=C(C)N=C2SC=C(CC(=O)N(C)C3CCN(C)CC3)N2[C@H]1c1cccc(Cl)c1. The van der Waals surface area contributed by atoms with Crippen molar-refractivity contribution in [2.45, 2.75) is 38.3 Å². The highest BCUT2D eigenvalue weighted by Gasteiger charge is 2.41. The van der Waals surface area contributed by atoms with Gasteiger partial charge >= 0.3 is 5.97 Å². The molecule has 3 aliphatic heterocycles. The van der Waals surface area contributed by atoms with Crippen LogP contribution in [0.2, 0.25) is 5.02 Å². The Morgan fingerprint density at radius 2 is 2.03 bits per heavy atom. The normalized spacial score (nSPS) is 21.5. The minimum Gasteiger partial charge on any atom is -0.466 e. The van der Waals surface area contributed by atoms with Crippen LogP contribution < -0.4 is 0 Å². The van der Waals surface area contributed by atoms with Gasteiger partial charge in [0.25, 0.3) is 0 Å². The summed E-state index contributed by atoms with van der Waals surface area (Å²) < 4.78 is 5.10. The van der Waals surface area contributed by atoms with Gasteiger partial charge in [-0.15, -0.1) is 0 Å². The summed E-state index contributed by atoms with van der Waals surface area (Å²) in [5, 5.41) is 3.29. The number of methoxy groups -OCH3 is 1. The van der Waals surface area contributed by atoms with E-state index >= 15 is 0 Å². The number of piperidine rings is 1. The zero-order valence-electron chi connectivity index (χ0n) is 19.4. The third kappa shape index (κ3) is 4.83. The molecule has 0 saturated carbocycles. The number of nitrogens with zero attached hydrogens (tertiary/aromatic N) is 4. The molecule has 1 saturated heterocycles. The molecule has 1 amide bonds. The number of hydrogen-bond donors (Lipinski definition) is 0. The number of carbonyl (C=O) groups excluding carboxylic acids is 2. The third-order valence-electron chi connectivity index (χ3n) is 6.53. The fourth-order valence-electron chi connectivity index (χ4n) is 4.60. The van der Waals surface area contributed by atoms with Crippen molar-refractivity contribution in [1.82, 2.24) is 14.7 Å². The van der Waals surface area contributed by atoms with Gasteiger partial charge in [-0.05, 0) is 63.0 Å². The number of fused-ring (bicyclic) bond motifs is 1. The molecule has 0 unspecified atom stereocenters. The van der Waals surface area contributed by atoms with Crippen LogP contribution in [0.1, 0.15) is 37.8 Å². The van der Waals surface area contributed by atoms with Crippen LogP contribution >= 0.6 is 23.4 Å². The molecule has 0 N–H and O–H groups in total. The van der Waals surface area contributed by atoms with Gasteiger partial charge in [0, 0.05) is 23.8 Å². The Balaban J connectivity index is 1.62. The van der Waals surface area contributed by atoms with Crippen molar-refractivity contribution in [2.24, 2.45) is 4.99 Å². The molecule has 3 heterocycles. The van der Waals surface area contributed by atoms with Gasteiger partial charge in [0.15, 0.2) is 5.17 Å². The van der Waals surface area contributed by atoms with Crippen molar-refractivity contribution in [2.75, 3.05) is 34.3 Å². The number of amides is 1. The van der Waals surface area contributed by atoms with Crippen molar-refractivity contribution >= 4 is 40.4 Å². The van der Waals surface area contributed by atoms with E-state index in [0.29, 0.717) is 16.3 Å². The van der Waals surface area contributed by atoms with Crippen molar-refractivity contribution < 1.29 is 14.3 Å². The summed E-state index contributed by atoms with van der Waals surface area (Å²) in [7, 11) is 5.37. The van der Waals surface area contributed by atoms with E-state index in [-0.39, 0.29) is 18.4 Å². The summed E-state index contributed by atoms with van der Waals surface area (Å²) in [6, 6.07) is 7.22. The number of ether oxygens (including phenoxy) is 1. The maximum Gasteiger partial charge on any atom is 0.338 e. The second kappa shape index (κ2) is 9.91. The summed E-state index contributed by atoms with van der Waals surface area (Å²) in [5.74, 6) is -0.375. The first-order valence-electron chi connectivity index (χ1n) is 11.0. The fourth-order valence-corrected chi connectivity index (χ4v) is 5.76. The standard InChI is InChI=1S/C24H29ClN4O3S/c1-15-21(23(31)32-4)22(16-6-5-7-17(25)12-16)29-19(14-33-24(29)26-15)13-20(30)28(3)18-8-10-27(2)11-9-18/h5-7,12,14,18,22H,8-11,13H2,1-4H3/t22-/m0/s1. The zero-order valence-corrected chi connectivity index (χ0v) is 20.9. The van der Waals surface area contributed by atoms with Crippen molar-refractivity contribution in [1.29, 1.82) is 0 Å². The molecule has 0 aromatic heterocycles. The molecule has 0 bridgehead atoms. The van der Waals surface area contributed by atoms with Gasteiger partial charge in [-0.1, -0.05) is 35.5 Å². The van der Waals surface area contributed by atoms with Gasteiger partial charge in [0.1, 0.15) is 0 Å². The number of likely N-dealkylation sites (tertiary alicyclic amines) is 1. The van der Waals surface area contributed by atoms with Gasteiger partial charge in [0.2, 0.25) is 5.91 Å². The van der Waals surface area contributed by atoms with E-state index in [4.69, 9.17) is 16.3 Å². The summed E-state index contributed by atoms with van der Waals surface area (Å²) in [5.41, 5.74) is 2.73. The van der Waals surface area contributed by atoms with Crippen molar-refractivity contribution in [3.8, 4) is 0 Å². The van der Waals surface area contributed by atoms with Crippen LogP contribution in [0.4, 0.5) is 0 Å². The highest BCUT2D eigenvalue weighted by Crippen LogP contribution is 2.45. The Labute approximate surface area is 204 Å². The molecule has 0 spiro atoms. The summed E-state index contributed by atoms with van der Waals surface area (Å²) in [4.78, 5) is 36.9. The van der Waals surface area contributed by atoms with E-state index in [0.717, 1.165) is 42.4 Å². The predicted molar refractivity (Wildman–Crippen MR) is 132 cm³/mol. The zero-order chi connectivity index (χ0) is 23.7. The van der Waals surface area contributed by atoms with Crippen LogP contribution in [0.5, 0.6) is 0 Å². The quantitative estimate of drug-likeness (QED) is 0.583. The topological polar surface area (TPSA) is 65.5 Å². The lowest BCUT2D eigenvalue weighted by Gasteiger charge is -2.38. The number of esters is 1. The number of carbonyl (C=O) groups is 2. The number of allylic oxidation sites excluding steroid dienone is 1. The Kier molecular flexibility index (Phi) is 7.16. The molecular weight excluding hydrogens is 460 g/mol. The molecule has 176 valence electrons. The third-order valence-corrected chi connectivity index (χ3v) is 7.66. The lowest BCUT2D eigenvalue weighted by Crippen LogP contribution is -2.45. The Morgan fingerprint density at radius 3 is 2.70 bits per heavy atom. The largest absolute Gasteiger partial charge is 0.466 e. The van der Waals surface area contributed by atoms with Crippen LogP contribution in [0, 0.1) is 0 Å². The van der Waals surface area contributed by atoms with Gasteiger partial charge < -0.3 is 19.4 Å². The average molecular weight is 489 g/mol. The van der Waals surface area contributed by atoms with Crippen LogP contribution in [0.3, 0.4) is 0 Å². The highest BCUT2D eigenvalue weighted by molar-refractivity contribution is 8.16. The first-order valence-corrected chi connectivity index (χ1v) is 12.3. The lowest BCUT2D eigenvalue weighted by molar-refractivity contribution is -0.136. The second-order valence-corrected chi connectivity index (χ2v) is 9.93. The Morgan fingerprint density at radius 1 is 1.30 bits per heavy atom. The summed E-state index contributed by atoms with van der Waals surface area (Å²) in [6.45, 7) is 3.80. The van der Waals surface area contributed by atoms with E-state index < -0.39 is 12.0 Å². The van der Waals surface area contributed by atoms with Gasteiger partial charge in [-0.25, -0.2) is 9.79 Å². The molecule has 1 aromatic rings. The molecule has 33 heavy (non-hydrogen) atoms. The van der Waals surface area contributed by atoms with E-state index in [1.807, 2.05) is 47.4 Å². The number of hydrogen-bond acceptors (Lipinski definition) is 7. The van der Waals surface area contributed by atoms with Crippen molar-refractivity contribution in [3.63, 3.8) is 0 Å². The molecule has 9 heteroatoms. The van der Waals surface area contributed by atoms with Crippen LogP contribution in [-0.4, -0.2) is 72.1 Å². The van der Waals surface area contributed by atoms with Crippen LogP contribution in [0.15, 0.2) is 51.6 Å². The van der Waals surface area contributed by atoms with Crippen LogP contribution in [0.25, 0.3) is 0 Å². The Bertz CT molecular complexity index is 1050.